The average molecular weight is 260 g/mol. The van der Waals surface area contributed by atoms with Crippen LogP contribution in [0.5, 0.6) is 0 Å². The third-order valence-corrected chi connectivity index (χ3v) is 2.20. The van der Waals surface area contributed by atoms with E-state index in [9.17, 15) is 14.4 Å². The average Bonchev–Trinajstić information content (AvgIpc) is 2.21. The van der Waals surface area contributed by atoms with E-state index in [2.05, 4.69) is 0 Å². The molecule has 0 aliphatic rings. The summed E-state index contributed by atoms with van der Waals surface area (Å²) in [4.78, 5) is 34.2. The Kier molecular flexibility index (Phi) is 6.96. The maximum atomic E-state index is 11.9. The van der Waals surface area contributed by atoms with Gasteiger partial charge in [0.05, 0.1) is 18.9 Å². The molecule has 0 spiro atoms. The van der Waals surface area contributed by atoms with Crippen LogP contribution in [-0.4, -0.2) is 52.1 Å². The summed E-state index contributed by atoms with van der Waals surface area (Å²) in [6.07, 6.45) is -0.640. The summed E-state index contributed by atoms with van der Waals surface area (Å²) >= 11 is 0. The number of carbonyl (C=O) groups is 3. The summed E-state index contributed by atoms with van der Waals surface area (Å²) in [7, 11) is 0. The first kappa shape index (κ1) is 16.4. The summed E-state index contributed by atoms with van der Waals surface area (Å²) < 4.78 is 0. The molecule has 4 N–H and O–H groups in total. The van der Waals surface area contributed by atoms with Gasteiger partial charge in [-0.15, -0.1) is 0 Å². The predicted octanol–water partition coefficient (Wildman–Crippen LogP) is -0.252. The van der Waals surface area contributed by atoms with Gasteiger partial charge < -0.3 is 20.8 Å². The molecule has 104 valence electrons. The molecule has 0 saturated carbocycles. The molecular weight excluding hydrogens is 240 g/mol. The van der Waals surface area contributed by atoms with Crippen LogP contribution < -0.4 is 5.73 Å². The maximum absolute atomic E-state index is 11.9. The summed E-state index contributed by atoms with van der Waals surface area (Å²) in [6, 6.07) is -1.13. The lowest BCUT2D eigenvalue weighted by atomic mass is 10.1. The van der Waals surface area contributed by atoms with Crippen molar-refractivity contribution >= 4 is 17.8 Å². The van der Waals surface area contributed by atoms with Crippen LogP contribution in [0.3, 0.4) is 0 Å². The Morgan fingerprint density at radius 2 is 1.72 bits per heavy atom. The zero-order chi connectivity index (χ0) is 14.3. The molecule has 0 aliphatic carbocycles. The normalized spacial score (nSPS) is 12.2. The van der Waals surface area contributed by atoms with Crippen molar-refractivity contribution in [3.05, 3.63) is 0 Å². The molecule has 18 heavy (non-hydrogen) atoms. The fraction of sp³-hybridized carbons (Fsp3) is 0.727. The summed E-state index contributed by atoms with van der Waals surface area (Å²) in [5.41, 5.74) is 5.48. The van der Waals surface area contributed by atoms with Gasteiger partial charge in [-0.05, 0) is 5.92 Å². The molecule has 0 bridgehead atoms. The second kappa shape index (κ2) is 7.65. The Hall–Kier alpha value is -1.63. The minimum atomic E-state index is -1.15. The Morgan fingerprint density at radius 1 is 1.17 bits per heavy atom. The van der Waals surface area contributed by atoms with Gasteiger partial charge >= 0.3 is 11.9 Å². The van der Waals surface area contributed by atoms with Gasteiger partial charge in [0.25, 0.3) is 0 Å². The third-order valence-electron chi connectivity index (χ3n) is 2.20. The first-order valence-electron chi connectivity index (χ1n) is 5.72. The van der Waals surface area contributed by atoms with Crippen molar-refractivity contribution in [1.82, 2.24) is 4.90 Å². The van der Waals surface area contributed by atoms with Crippen LogP contribution in [-0.2, 0) is 14.4 Å². The van der Waals surface area contributed by atoms with Crippen molar-refractivity contribution in [2.24, 2.45) is 11.7 Å². The topological polar surface area (TPSA) is 121 Å². The van der Waals surface area contributed by atoms with Gasteiger partial charge in [-0.3, -0.25) is 14.4 Å². The molecule has 7 heteroatoms. The van der Waals surface area contributed by atoms with E-state index in [0.29, 0.717) is 6.54 Å². The number of nitrogens with zero attached hydrogens (tertiary/aromatic N) is 1. The van der Waals surface area contributed by atoms with Gasteiger partial charge in [0.2, 0.25) is 5.91 Å². The molecule has 0 rings (SSSR count). The summed E-state index contributed by atoms with van der Waals surface area (Å²) in [6.45, 7) is 4.16. The highest BCUT2D eigenvalue weighted by Gasteiger charge is 2.24. The Morgan fingerprint density at radius 3 is 2.11 bits per heavy atom. The number of nitrogens with two attached hydrogens (primary N) is 1. The summed E-state index contributed by atoms with van der Waals surface area (Å²) in [5.74, 6) is -2.53. The molecular formula is C11H20N2O5. The van der Waals surface area contributed by atoms with Crippen LogP contribution in [0.4, 0.5) is 0 Å². The Balaban J connectivity index is 4.56. The van der Waals surface area contributed by atoms with E-state index >= 15 is 0 Å². The van der Waals surface area contributed by atoms with Gasteiger partial charge in [-0.2, -0.15) is 0 Å². The first-order valence-corrected chi connectivity index (χ1v) is 5.72. The number of rotatable bonds is 8. The van der Waals surface area contributed by atoms with Crippen molar-refractivity contribution in [3.63, 3.8) is 0 Å². The lowest BCUT2D eigenvalue weighted by molar-refractivity contribution is -0.143. The largest absolute Gasteiger partial charge is 0.481 e. The van der Waals surface area contributed by atoms with Crippen LogP contribution in [0.15, 0.2) is 0 Å². The Labute approximate surface area is 106 Å². The molecule has 0 aromatic carbocycles. The van der Waals surface area contributed by atoms with Crippen LogP contribution in [0.1, 0.15) is 26.7 Å². The fourth-order valence-corrected chi connectivity index (χ4v) is 1.47. The van der Waals surface area contributed by atoms with Gasteiger partial charge in [-0.1, -0.05) is 13.8 Å². The lowest BCUT2D eigenvalue weighted by Crippen LogP contribution is -2.46. The van der Waals surface area contributed by atoms with Crippen LogP contribution in [0, 0.1) is 5.92 Å². The number of hydrogen-bond donors (Lipinski definition) is 3. The van der Waals surface area contributed by atoms with Crippen molar-refractivity contribution < 1.29 is 24.6 Å². The fourth-order valence-electron chi connectivity index (χ4n) is 1.47. The quantitative estimate of drug-likeness (QED) is 0.553. The van der Waals surface area contributed by atoms with Crippen molar-refractivity contribution in [1.29, 1.82) is 0 Å². The third kappa shape index (κ3) is 6.85. The van der Waals surface area contributed by atoms with Gasteiger partial charge in [-0.25, -0.2) is 0 Å². The molecule has 0 aliphatic heterocycles. The second-order valence-corrected chi connectivity index (χ2v) is 4.53. The number of hydrogen-bond acceptors (Lipinski definition) is 4. The van der Waals surface area contributed by atoms with E-state index in [1.165, 1.54) is 4.90 Å². The minimum Gasteiger partial charge on any atom is -0.481 e. The van der Waals surface area contributed by atoms with Crippen molar-refractivity contribution in [3.8, 4) is 0 Å². The second-order valence-electron chi connectivity index (χ2n) is 4.53. The zero-order valence-electron chi connectivity index (χ0n) is 10.6. The number of amides is 1. The van der Waals surface area contributed by atoms with E-state index in [0.717, 1.165) is 0 Å². The van der Waals surface area contributed by atoms with Gasteiger partial charge in [0, 0.05) is 13.1 Å². The van der Waals surface area contributed by atoms with E-state index in [4.69, 9.17) is 15.9 Å². The van der Waals surface area contributed by atoms with Crippen LogP contribution in [0.25, 0.3) is 0 Å². The molecule has 1 atom stereocenters. The van der Waals surface area contributed by atoms with Crippen molar-refractivity contribution in [2.75, 3.05) is 13.1 Å². The zero-order valence-corrected chi connectivity index (χ0v) is 10.6. The smallest absolute Gasteiger partial charge is 0.305 e. The highest BCUT2D eigenvalue weighted by Crippen LogP contribution is 2.04. The number of aliphatic carboxylic acids is 2. The highest BCUT2D eigenvalue weighted by atomic mass is 16.4. The predicted molar refractivity (Wildman–Crippen MR) is 63.9 cm³/mol. The molecule has 0 fully saturated rings. The molecule has 0 aromatic heterocycles. The molecule has 0 saturated heterocycles. The monoisotopic (exact) mass is 260 g/mol. The lowest BCUT2D eigenvalue weighted by Gasteiger charge is -2.26. The van der Waals surface area contributed by atoms with Gasteiger partial charge in [0.1, 0.15) is 0 Å². The van der Waals surface area contributed by atoms with Crippen molar-refractivity contribution in [2.45, 2.75) is 32.7 Å². The van der Waals surface area contributed by atoms with Crippen LogP contribution >= 0.6 is 0 Å². The first-order chi connectivity index (χ1) is 8.23. The minimum absolute atomic E-state index is 0.0413. The van der Waals surface area contributed by atoms with Crippen LogP contribution in [0.2, 0.25) is 0 Å². The SMILES string of the molecule is CC(C)CN(CCC(=O)O)C(=O)[C@@H](N)CC(=O)O. The molecule has 1 amide bonds. The highest BCUT2D eigenvalue weighted by molar-refractivity contribution is 5.86. The maximum Gasteiger partial charge on any atom is 0.305 e. The standard InChI is InChI=1S/C11H20N2O5/c1-7(2)6-13(4-3-9(14)15)11(18)8(12)5-10(16)17/h7-8H,3-6,12H2,1-2H3,(H,14,15)(H,16,17)/t8-/m0/s1. The van der Waals surface area contributed by atoms with E-state index in [-0.39, 0.29) is 18.9 Å². The van der Waals surface area contributed by atoms with E-state index in [1.807, 2.05) is 13.8 Å². The van der Waals surface area contributed by atoms with E-state index < -0.39 is 30.3 Å². The number of carbonyl (C=O) groups excluding carboxylic acids is 1. The number of carboxylic acid groups (broad SMARTS) is 2. The summed E-state index contributed by atoms with van der Waals surface area (Å²) in [5, 5.41) is 17.2. The van der Waals surface area contributed by atoms with Gasteiger partial charge in [0.15, 0.2) is 0 Å². The molecule has 0 heterocycles. The molecule has 7 nitrogen and oxygen atoms in total. The number of carboxylic acids is 2. The van der Waals surface area contributed by atoms with E-state index in [1.54, 1.807) is 0 Å². The molecule has 0 aromatic rings. The Bertz CT molecular complexity index is 317. The molecule has 0 radical (unpaired) electrons. The molecule has 0 unspecified atom stereocenters.